The molecular weight excluding hydrogens is 318 g/mol. The van der Waals surface area contributed by atoms with Crippen molar-refractivity contribution in [2.24, 2.45) is 5.92 Å². The van der Waals surface area contributed by atoms with Crippen LogP contribution in [0.2, 0.25) is 0 Å². The summed E-state index contributed by atoms with van der Waals surface area (Å²) >= 11 is 0. The summed E-state index contributed by atoms with van der Waals surface area (Å²) in [6, 6.07) is 14.2. The first-order valence-corrected chi connectivity index (χ1v) is 8.06. The molecule has 6 nitrogen and oxygen atoms in total. The Hall–Kier alpha value is -3.02. The quantitative estimate of drug-likeness (QED) is 0.751. The van der Waals surface area contributed by atoms with E-state index in [-0.39, 0.29) is 17.9 Å². The van der Waals surface area contributed by atoms with Gasteiger partial charge in [-0.05, 0) is 35.9 Å². The average molecular weight is 341 g/mol. The van der Waals surface area contributed by atoms with Crippen LogP contribution in [0.3, 0.4) is 0 Å². The van der Waals surface area contributed by atoms with Crippen molar-refractivity contribution in [1.82, 2.24) is 5.32 Å². The molecule has 3 N–H and O–H groups in total. The molecular formula is C19H23N3O3. The van der Waals surface area contributed by atoms with Gasteiger partial charge in [-0.2, -0.15) is 0 Å². The number of ether oxygens (including phenoxy) is 1. The van der Waals surface area contributed by atoms with Crippen LogP contribution in [0, 0.1) is 5.92 Å². The number of rotatable bonds is 6. The molecule has 0 atom stereocenters. The van der Waals surface area contributed by atoms with Gasteiger partial charge in [0.25, 0.3) is 0 Å². The van der Waals surface area contributed by atoms with Crippen LogP contribution in [0.1, 0.15) is 19.4 Å². The number of carbonyl (C=O) groups is 2. The van der Waals surface area contributed by atoms with E-state index in [9.17, 15) is 9.59 Å². The highest BCUT2D eigenvalue weighted by Crippen LogP contribution is 2.16. The number of amides is 3. The molecule has 0 bridgehead atoms. The van der Waals surface area contributed by atoms with E-state index in [0.717, 1.165) is 11.3 Å². The SMILES string of the molecule is COc1cccc(CNC(=O)Nc2cccc(NC(=O)C(C)C)c2)c1. The summed E-state index contributed by atoms with van der Waals surface area (Å²) in [5, 5.41) is 8.34. The minimum atomic E-state index is -0.324. The minimum absolute atomic E-state index is 0.0698. The number of benzene rings is 2. The number of anilines is 2. The van der Waals surface area contributed by atoms with Crippen LogP contribution < -0.4 is 20.7 Å². The van der Waals surface area contributed by atoms with Gasteiger partial charge in [0, 0.05) is 23.8 Å². The van der Waals surface area contributed by atoms with E-state index in [0.29, 0.717) is 17.9 Å². The molecule has 25 heavy (non-hydrogen) atoms. The van der Waals surface area contributed by atoms with Crippen molar-refractivity contribution in [2.75, 3.05) is 17.7 Å². The zero-order valence-corrected chi connectivity index (χ0v) is 14.6. The zero-order valence-electron chi connectivity index (χ0n) is 14.6. The van der Waals surface area contributed by atoms with Gasteiger partial charge < -0.3 is 20.7 Å². The summed E-state index contributed by atoms with van der Waals surface area (Å²) in [5.74, 6) is 0.565. The first kappa shape index (κ1) is 18.3. The summed E-state index contributed by atoms with van der Waals surface area (Å²) in [5.41, 5.74) is 2.18. The molecule has 0 aliphatic carbocycles. The molecule has 0 aliphatic heterocycles. The van der Waals surface area contributed by atoms with Crippen molar-refractivity contribution in [3.63, 3.8) is 0 Å². The standard InChI is InChI=1S/C19H23N3O3/c1-13(2)18(23)21-15-7-5-8-16(11-15)22-19(24)20-12-14-6-4-9-17(10-14)25-3/h4-11,13H,12H2,1-3H3,(H,21,23)(H2,20,22,24). The van der Waals surface area contributed by atoms with Crippen molar-refractivity contribution in [3.8, 4) is 5.75 Å². The second-order valence-electron chi connectivity index (χ2n) is 5.88. The first-order valence-electron chi connectivity index (χ1n) is 8.06. The van der Waals surface area contributed by atoms with Crippen LogP contribution in [0.15, 0.2) is 48.5 Å². The number of methoxy groups -OCH3 is 1. The highest BCUT2D eigenvalue weighted by molar-refractivity contribution is 5.94. The predicted molar refractivity (Wildman–Crippen MR) is 98.8 cm³/mol. The van der Waals surface area contributed by atoms with Gasteiger partial charge in [0.15, 0.2) is 0 Å². The van der Waals surface area contributed by atoms with Crippen LogP contribution >= 0.6 is 0 Å². The van der Waals surface area contributed by atoms with E-state index in [1.54, 1.807) is 31.4 Å². The highest BCUT2D eigenvalue weighted by atomic mass is 16.5. The molecule has 3 amide bonds. The number of hydrogen-bond acceptors (Lipinski definition) is 3. The molecule has 0 spiro atoms. The normalized spacial score (nSPS) is 10.2. The molecule has 6 heteroatoms. The van der Waals surface area contributed by atoms with Gasteiger partial charge >= 0.3 is 6.03 Å². The van der Waals surface area contributed by atoms with Crippen molar-refractivity contribution in [2.45, 2.75) is 20.4 Å². The van der Waals surface area contributed by atoms with Crippen molar-refractivity contribution < 1.29 is 14.3 Å². The van der Waals surface area contributed by atoms with Gasteiger partial charge in [-0.25, -0.2) is 4.79 Å². The number of urea groups is 1. The molecule has 0 fully saturated rings. The molecule has 2 aromatic carbocycles. The van der Waals surface area contributed by atoms with E-state index in [2.05, 4.69) is 16.0 Å². The zero-order chi connectivity index (χ0) is 18.2. The fourth-order valence-electron chi connectivity index (χ4n) is 2.10. The molecule has 0 heterocycles. The second kappa shape index (κ2) is 8.73. The topological polar surface area (TPSA) is 79.5 Å². The fourth-order valence-corrected chi connectivity index (χ4v) is 2.10. The molecule has 0 aromatic heterocycles. The van der Waals surface area contributed by atoms with Gasteiger partial charge in [-0.1, -0.05) is 32.0 Å². The third-order valence-electron chi connectivity index (χ3n) is 3.50. The minimum Gasteiger partial charge on any atom is -0.497 e. The molecule has 0 saturated carbocycles. The number of hydrogen-bond donors (Lipinski definition) is 3. The van der Waals surface area contributed by atoms with Crippen molar-refractivity contribution in [1.29, 1.82) is 0 Å². The van der Waals surface area contributed by atoms with E-state index < -0.39 is 0 Å². The van der Waals surface area contributed by atoms with Gasteiger partial charge in [-0.15, -0.1) is 0 Å². The maximum Gasteiger partial charge on any atom is 0.319 e. The Morgan fingerprint density at radius 2 is 1.68 bits per heavy atom. The van der Waals surface area contributed by atoms with Crippen molar-refractivity contribution in [3.05, 3.63) is 54.1 Å². The average Bonchev–Trinajstić information content (AvgIpc) is 2.60. The maximum absolute atomic E-state index is 12.0. The summed E-state index contributed by atoms with van der Waals surface area (Å²) in [4.78, 5) is 23.8. The van der Waals surface area contributed by atoms with Crippen LogP contribution in [-0.2, 0) is 11.3 Å². The van der Waals surface area contributed by atoms with Gasteiger partial charge in [0.05, 0.1) is 7.11 Å². The maximum atomic E-state index is 12.0. The largest absolute Gasteiger partial charge is 0.497 e. The van der Waals surface area contributed by atoms with Crippen LogP contribution in [-0.4, -0.2) is 19.0 Å². The first-order chi connectivity index (χ1) is 12.0. The Morgan fingerprint density at radius 3 is 2.36 bits per heavy atom. The highest BCUT2D eigenvalue weighted by Gasteiger charge is 2.08. The van der Waals surface area contributed by atoms with Crippen molar-refractivity contribution >= 4 is 23.3 Å². The Bertz CT molecular complexity index is 744. The lowest BCUT2D eigenvalue weighted by Gasteiger charge is -2.11. The summed E-state index contributed by atoms with van der Waals surface area (Å²) in [6.45, 7) is 4.03. The van der Waals surface area contributed by atoms with E-state index >= 15 is 0 Å². The Labute approximate surface area is 147 Å². The third-order valence-corrected chi connectivity index (χ3v) is 3.50. The monoisotopic (exact) mass is 341 g/mol. The Balaban J connectivity index is 1.90. The Kier molecular flexibility index (Phi) is 6.39. The molecule has 0 aliphatic rings. The molecule has 2 aromatic rings. The molecule has 0 saturated heterocycles. The molecule has 132 valence electrons. The predicted octanol–water partition coefficient (Wildman–Crippen LogP) is 3.61. The lowest BCUT2D eigenvalue weighted by molar-refractivity contribution is -0.118. The molecule has 0 unspecified atom stereocenters. The van der Waals surface area contributed by atoms with Crippen LogP contribution in [0.5, 0.6) is 5.75 Å². The van der Waals surface area contributed by atoms with Gasteiger partial charge in [0.2, 0.25) is 5.91 Å². The van der Waals surface area contributed by atoms with E-state index in [1.165, 1.54) is 0 Å². The molecule has 2 rings (SSSR count). The number of carbonyl (C=O) groups excluding carboxylic acids is 2. The lowest BCUT2D eigenvalue weighted by Crippen LogP contribution is -2.28. The number of nitrogens with one attached hydrogen (secondary N) is 3. The Morgan fingerprint density at radius 1 is 1.00 bits per heavy atom. The molecule has 0 radical (unpaired) electrons. The second-order valence-corrected chi connectivity index (χ2v) is 5.88. The lowest BCUT2D eigenvalue weighted by atomic mass is 10.2. The van der Waals surface area contributed by atoms with Crippen LogP contribution in [0.25, 0.3) is 0 Å². The smallest absolute Gasteiger partial charge is 0.319 e. The van der Waals surface area contributed by atoms with Gasteiger partial charge in [0.1, 0.15) is 5.75 Å². The van der Waals surface area contributed by atoms with E-state index in [1.807, 2.05) is 38.1 Å². The van der Waals surface area contributed by atoms with E-state index in [4.69, 9.17) is 4.74 Å². The third kappa shape index (κ3) is 5.84. The fraction of sp³-hybridized carbons (Fsp3) is 0.263. The summed E-state index contributed by atoms with van der Waals surface area (Å²) in [6.07, 6.45) is 0. The van der Waals surface area contributed by atoms with Gasteiger partial charge in [-0.3, -0.25) is 4.79 Å². The summed E-state index contributed by atoms with van der Waals surface area (Å²) in [7, 11) is 1.60. The van der Waals surface area contributed by atoms with Crippen LogP contribution in [0.4, 0.5) is 16.2 Å². The summed E-state index contributed by atoms with van der Waals surface area (Å²) < 4.78 is 5.16.